The molecule has 0 amide bonds. The Bertz CT molecular complexity index is 5970. The van der Waals surface area contributed by atoms with E-state index in [-0.39, 0.29) is 34.5 Å². The Labute approximate surface area is 581 Å². The molecule has 99 heavy (non-hydrogen) atoms. The van der Waals surface area contributed by atoms with Crippen LogP contribution in [0.4, 0.5) is 0 Å². The van der Waals surface area contributed by atoms with E-state index in [0.717, 1.165) is 190 Å². The fourth-order valence-electron chi connectivity index (χ4n) is 15.4. The molecule has 4 aliphatic rings. The van der Waals surface area contributed by atoms with Gasteiger partial charge in [-0.15, -0.1) is 40.8 Å². The smallest absolute Gasteiger partial charge is 0.518 e. The van der Waals surface area contributed by atoms with Crippen molar-refractivity contribution >= 4 is 112 Å². The van der Waals surface area contributed by atoms with E-state index < -0.39 is 0 Å². The van der Waals surface area contributed by atoms with Gasteiger partial charge in [0.2, 0.25) is 6.71 Å². The molecule has 4 aliphatic heterocycles. The molecule has 0 radical (unpaired) electrons. The molecule has 18 aromatic rings. The molecule has 0 bridgehead atoms. The largest absolute Gasteiger partial charge is 2.00 e. The summed E-state index contributed by atoms with van der Waals surface area (Å²) in [6.45, 7) is -0.347. The van der Waals surface area contributed by atoms with Crippen LogP contribution in [0.3, 0.4) is 0 Å². The van der Waals surface area contributed by atoms with E-state index in [0.29, 0.717) is 0 Å². The minimum absolute atomic E-state index is 0. The van der Waals surface area contributed by atoms with Crippen LogP contribution < -0.4 is 51.7 Å². The fraction of sp³-hybridized carbons (Fsp3) is 0. The number of imidazole rings is 2. The maximum absolute atomic E-state index is 6.72. The van der Waals surface area contributed by atoms with Crippen LogP contribution in [-0.2, 0) is 21.1 Å². The van der Waals surface area contributed by atoms with Crippen LogP contribution in [0.25, 0.3) is 111 Å². The molecule has 6 aromatic heterocycles. The molecule has 0 spiro atoms. The second kappa shape index (κ2) is 22.3. The van der Waals surface area contributed by atoms with E-state index in [1.165, 1.54) is 0 Å². The number of rotatable bonds is 6. The second-order valence-corrected chi connectivity index (χ2v) is 25.0. The molecule has 0 atom stereocenters. The van der Waals surface area contributed by atoms with E-state index >= 15 is 0 Å². The summed E-state index contributed by atoms with van der Waals surface area (Å²) in [5.74, 6) is 9.80. The first-order chi connectivity index (χ1) is 48.6. The zero-order valence-corrected chi connectivity index (χ0v) is 54.7. The first-order valence-corrected chi connectivity index (χ1v) is 32.7. The maximum Gasteiger partial charge on any atom is 2.00 e. The average Bonchev–Trinajstić information content (AvgIpc) is 1.68. The van der Waals surface area contributed by atoms with Crippen LogP contribution in [0, 0.1) is 12.1 Å². The fourth-order valence-corrected chi connectivity index (χ4v) is 15.4. The Balaban J connectivity index is 0.000000133. The molecule has 10 heterocycles. The van der Waals surface area contributed by atoms with Crippen LogP contribution in [-0.4, -0.2) is 51.6 Å². The van der Waals surface area contributed by atoms with Crippen molar-refractivity contribution in [3.8, 4) is 91.8 Å². The second-order valence-electron chi connectivity index (χ2n) is 25.0. The number of nitrogens with zero attached hydrogens (tertiary/aromatic N) is 8. The Hall–Kier alpha value is -12.5. The molecule has 12 nitrogen and oxygen atoms in total. The summed E-state index contributed by atoms with van der Waals surface area (Å²) >= 11 is 0. The van der Waals surface area contributed by atoms with Crippen LogP contribution in [0.5, 0.6) is 46.0 Å². The van der Waals surface area contributed by atoms with Gasteiger partial charge in [-0.05, 0) is 150 Å². The van der Waals surface area contributed by atoms with Crippen molar-refractivity contribution in [3.63, 3.8) is 0 Å². The van der Waals surface area contributed by atoms with E-state index in [1.54, 1.807) is 0 Å². The van der Waals surface area contributed by atoms with Gasteiger partial charge in [-0.25, -0.2) is 15.0 Å². The zero-order chi connectivity index (χ0) is 64.1. The SMILES string of the molecule is [Pt+2].[c-]1c(-c2nc3ccccc3n2-c2ccccc2)ccc2c1B1c3[c-]c4c(cc3Oc3cccc(c31)O2)c1ccccc1n4-c1ccccn1.c1ccc(-n2c(-c3ccc4c(c3)B3c5cc6c(cc5Oc5cccc(c53)O4)c3ccccc3n6-c3ccccn3)nc3ccccc32)cc1. The molecule has 0 fully saturated rings. The van der Waals surface area contributed by atoms with Crippen molar-refractivity contribution in [1.29, 1.82) is 0 Å². The topological polar surface area (TPSA) is 108 Å². The van der Waals surface area contributed by atoms with Gasteiger partial charge < -0.3 is 28.1 Å². The summed E-state index contributed by atoms with van der Waals surface area (Å²) in [4.78, 5) is 19.8. The van der Waals surface area contributed by atoms with Crippen molar-refractivity contribution in [1.82, 2.24) is 38.2 Å². The number of benzene rings is 12. The van der Waals surface area contributed by atoms with E-state index in [2.05, 4.69) is 212 Å². The monoisotopic (exact) mass is 1450 g/mol. The molecule has 464 valence electrons. The molecule has 0 N–H and O–H groups in total. The quantitative estimate of drug-likeness (QED) is 0.120. The maximum atomic E-state index is 6.72. The van der Waals surface area contributed by atoms with Gasteiger partial charge in [0.25, 0.3) is 6.71 Å². The predicted molar refractivity (Wildman–Crippen MR) is 390 cm³/mol. The Morgan fingerprint density at radius 1 is 0.313 bits per heavy atom. The standard InChI is InChI=1S/C42H25BN4O2.C42H23BN4O2.Pt/c2*1-2-11-27(12-3-1)46-34-16-7-5-14-32(34)45-42(46)26-20-21-36-30(23-26)43-31-25-35-29(24-39(31)49-38-18-10-17-37(48-36)41(38)43)28-13-4-6-15-33(28)47(35)40-19-8-9-22-44-40;/h1-25H;1-22,24H;/q;-2;+2. The molecular formula is C84H48B2N8O4Pt. The van der Waals surface area contributed by atoms with E-state index in [1.807, 2.05) is 109 Å². The molecule has 12 aromatic carbocycles. The van der Waals surface area contributed by atoms with Gasteiger partial charge in [0.1, 0.15) is 52.0 Å². The van der Waals surface area contributed by atoms with Gasteiger partial charge >= 0.3 is 21.1 Å². The number of pyridine rings is 2. The van der Waals surface area contributed by atoms with Crippen molar-refractivity contribution in [3.05, 3.63) is 304 Å². The third-order valence-corrected chi connectivity index (χ3v) is 19.6. The summed E-state index contributed by atoms with van der Waals surface area (Å²) in [6, 6.07) is 103. The molecule has 0 saturated heterocycles. The van der Waals surface area contributed by atoms with Crippen LogP contribution in [0.2, 0.25) is 0 Å². The van der Waals surface area contributed by atoms with Gasteiger partial charge in [0.15, 0.2) is 0 Å². The molecule has 22 rings (SSSR count). The van der Waals surface area contributed by atoms with Gasteiger partial charge in [-0.1, -0.05) is 138 Å². The molecule has 0 saturated carbocycles. The third-order valence-electron chi connectivity index (χ3n) is 19.6. The minimum atomic E-state index is -0.229. The normalized spacial score (nSPS) is 12.6. The Morgan fingerprint density at radius 3 is 1.46 bits per heavy atom. The molecule has 0 aliphatic carbocycles. The van der Waals surface area contributed by atoms with Crippen molar-refractivity contribution in [2.75, 3.05) is 0 Å². The number of ether oxygens (including phenoxy) is 4. The Morgan fingerprint density at radius 2 is 0.808 bits per heavy atom. The number of para-hydroxylation sites is 8. The van der Waals surface area contributed by atoms with Crippen LogP contribution >= 0.6 is 0 Å². The van der Waals surface area contributed by atoms with Gasteiger partial charge in [-0.2, -0.15) is 6.07 Å². The number of hydrogen-bond donors (Lipinski definition) is 0. The summed E-state index contributed by atoms with van der Waals surface area (Å²) < 4.78 is 35.5. The van der Waals surface area contributed by atoms with Crippen molar-refractivity contribution in [2.24, 2.45) is 0 Å². The summed E-state index contributed by atoms with van der Waals surface area (Å²) in [5, 5.41) is 4.45. The number of hydrogen-bond acceptors (Lipinski definition) is 8. The van der Waals surface area contributed by atoms with Crippen LogP contribution in [0.1, 0.15) is 0 Å². The van der Waals surface area contributed by atoms with Gasteiger partial charge in [-0.3, -0.25) is 14.1 Å². The number of fused-ring (bicyclic) bond motifs is 16. The summed E-state index contributed by atoms with van der Waals surface area (Å²) in [6.07, 6.45) is 3.67. The van der Waals surface area contributed by atoms with Gasteiger partial charge in [0.05, 0.1) is 38.9 Å². The first kappa shape index (κ1) is 56.8. The molecule has 0 unspecified atom stereocenters. The van der Waals surface area contributed by atoms with E-state index in [4.69, 9.17) is 38.9 Å². The van der Waals surface area contributed by atoms with Gasteiger partial charge in [0, 0.05) is 68.0 Å². The number of aromatic nitrogens is 8. The van der Waals surface area contributed by atoms with E-state index in [9.17, 15) is 0 Å². The van der Waals surface area contributed by atoms with Crippen molar-refractivity contribution < 1.29 is 40.0 Å². The molecular weight excluding hydrogens is 1400 g/mol. The Kier molecular flexibility index (Phi) is 12.8. The zero-order valence-electron chi connectivity index (χ0n) is 52.4. The molecule has 15 heteroatoms. The van der Waals surface area contributed by atoms with Crippen LogP contribution in [0.15, 0.2) is 291 Å². The third kappa shape index (κ3) is 8.72. The minimum Gasteiger partial charge on any atom is -0.518 e. The summed E-state index contributed by atoms with van der Waals surface area (Å²) in [7, 11) is 0. The predicted octanol–water partition coefficient (Wildman–Crippen LogP) is 15.4. The van der Waals surface area contributed by atoms with Crippen molar-refractivity contribution in [2.45, 2.75) is 0 Å². The first-order valence-electron chi connectivity index (χ1n) is 32.7. The summed E-state index contributed by atoms with van der Waals surface area (Å²) in [5.41, 5.74) is 18.2. The average molecular weight is 1450 g/mol.